The normalized spacial score (nSPS) is 20.0. The third-order valence-electron chi connectivity index (χ3n) is 5.46. The van der Waals surface area contributed by atoms with Crippen LogP contribution in [0.5, 0.6) is 0 Å². The number of carbonyl (C=O) groups excluding carboxylic acids is 3. The summed E-state index contributed by atoms with van der Waals surface area (Å²) in [6.07, 6.45) is 0.912. The first-order chi connectivity index (χ1) is 14.2. The second-order valence-corrected chi connectivity index (χ2v) is 8.91. The number of likely N-dealkylation sites (tertiary alicyclic amines) is 1. The minimum atomic E-state index is -0.501. The van der Waals surface area contributed by atoms with Crippen LogP contribution < -0.4 is 5.32 Å². The minimum absolute atomic E-state index is 0.243. The number of nitrogens with one attached hydrogen (secondary N) is 2. The molecule has 9 heteroatoms. The SMILES string of the molecule is CC(C)(C)OC(=O)N1CC[C@@H](c2ccc3c(CN4CCC(=O)NC4=O)n[nH]c3c2)C1. The average Bonchev–Trinajstić information content (AvgIpc) is 3.30. The molecule has 30 heavy (non-hydrogen) atoms. The number of hydrogen-bond acceptors (Lipinski definition) is 5. The van der Waals surface area contributed by atoms with Gasteiger partial charge in [0.25, 0.3) is 0 Å². The van der Waals surface area contributed by atoms with Gasteiger partial charge < -0.3 is 14.5 Å². The van der Waals surface area contributed by atoms with Gasteiger partial charge in [0.05, 0.1) is 17.8 Å². The third-order valence-corrected chi connectivity index (χ3v) is 5.46. The van der Waals surface area contributed by atoms with Crippen LogP contribution in [0.2, 0.25) is 0 Å². The second kappa shape index (κ2) is 7.62. The Morgan fingerprint density at radius 3 is 2.80 bits per heavy atom. The van der Waals surface area contributed by atoms with Gasteiger partial charge in [-0.05, 0) is 38.8 Å². The second-order valence-electron chi connectivity index (χ2n) is 8.91. The Labute approximate surface area is 174 Å². The van der Waals surface area contributed by atoms with Crippen LogP contribution >= 0.6 is 0 Å². The Hall–Kier alpha value is -3.10. The molecule has 4 rings (SSSR count). The maximum Gasteiger partial charge on any atom is 0.410 e. The molecule has 9 nitrogen and oxygen atoms in total. The number of H-pyrrole nitrogens is 1. The highest BCUT2D eigenvalue weighted by Gasteiger charge is 2.31. The fraction of sp³-hybridized carbons (Fsp3) is 0.524. The van der Waals surface area contributed by atoms with E-state index in [-0.39, 0.29) is 23.9 Å². The van der Waals surface area contributed by atoms with Crippen LogP contribution in [0.3, 0.4) is 0 Å². The van der Waals surface area contributed by atoms with Crippen molar-refractivity contribution in [1.82, 2.24) is 25.3 Å². The number of urea groups is 1. The van der Waals surface area contributed by atoms with Crippen molar-refractivity contribution in [1.29, 1.82) is 0 Å². The molecule has 0 spiro atoms. The molecule has 2 aliphatic rings. The van der Waals surface area contributed by atoms with Crippen LogP contribution in [0, 0.1) is 0 Å². The number of benzene rings is 1. The van der Waals surface area contributed by atoms with Crippen LogP contribution in [-0.2, 0) is 16.1 Å². The number of fused-ring (bicyclic) bond motifs is 1. The van der Waals surface area contributed by atoms with Crippen molar-refractivity contribution in [2.75, 3.05) is 19.6 Å². The molecule has 1 atom stereocenters. The molecule has 2 aliphatic heterocycles. The molecular weight excluding hydrogens is 386 g/mol. The Kier molecular flexibility index (Phi) is 5.13. The molecule has 0 aliphatic carbocycles. The number of rotatable bonds is 3. The predicted octanol–water partition coefficient (Wildman–Crippen LogP) is 2.73. The molecule has 4 amide bonds. The highest BCUT2D eigenvalue weighted by atomic mass is 16.6. The lowest BCUT2D eigenvalue weighted by Crippen LogP contribution is -2.48. The summed E-state index contributed by atoms with van der Waals surface area (Å²) in [5.74, 6) is -0.00248. The Balaban J connectivity index is 1.44. The molecule has 0 unspecified atom stereocenters. The van der Waals surface area contributed by atoms with Gasteiger partial charge in [-0.1, -0.05) is 12.1 Å². The van der Waals surface area contributed by atoms with Crippen LogP contribution in [0.15, 0.2) is 18.2 Å². The quantitative estimate of drug-likeness (QED) is 0.804. The molecule has 160 valence electrons. The van der Waals surface area contributed by atoms with Gasteiger partial charge in [-0.2, -0.15) is 5.10 Å². The maximum atomic E-state index is 12.3. The average molecular weight is 413 g/mol. The lowest BCUT2D eigenvalue weighted by atomic mass is 9.97. The monoisotopic (exact) mass is 413 g/mol. The summed E-state index contributed by atoms with van der Waals surface area (Å²) in [5, 5.41) is 10.7. The molecule has 0 radical (unpaired) electrons. The fourth-order valence-electron chi connectivity index (χ4n) is 3.92. The summed E-state index contributed by atoms with van der Waals surface area (Å²) in [4.78, 5) is 39.0. The fourth-order valence-corrected chi connectivity index (χ4v) is 3.92. The van der Waals surface area contributed by atoms with Gasteiger partial charge in [-0.25, -0.2) is 9.59 Å². The van der Waals surface area contributed by atoms with Crippen LogP contribution in [-0.4, -0.2) is 63.3 Å². The molecule has 1 aromatic carbocycles. The summed E-state index contributed by atoms with van der Waals surface area (Å²) in [7, 11) is 0. The molecule has 0 bridgehead atoms. The van der Waals surface area contributed by atoms with Gasteiger partial charge in [0.1, 0.15) is 5.60 Å². The smallest absolute Gasteiger partial charge is 0.410 e. The van der Waals surface area contributed by atoms with E-state index in [1.54, 1.807) is 9.80 Å². The molecular formula is C21H27N5O4. The van der Waals surface area contributed by atoms with E-state index >= 15 is 0 Å². The number of nitrogens with zero attached hydrogens (tertiary/aromatic N) is 3. The van der Waals surface area contributed by atoms with Crippen molar-refractivity contribution in [2.24, 2.45) is 0 Å². The van der Waals surface area contributed by atoms with E-state index < -0.39 is 5.60 Å². The first-order valence-corrected chi connectivity index (χ1v) is 10.2. The van der Waals surface area contributed by atoms with Gasteiger partial charge in [0.2, 0.25) is 5.91 Å². The number of hydrogen-bond donors (Lipinski definition) is 2. The molecule has 2 aromatic rings. The van der Waals surface area contributed by atoms with Crippen LogP contribution in [0.1, 0.15) is 50.8 Å². The summed E-state index contributed by atoms with van der Waals surface area (Å²) >= 11 is 0. The number of amides is 4. The maximum absolute atomic E-state index is 12.3. The highest BCUT2D eigenvalue weighted by molar-refractivity contribution is 5.96. The van der Waals surface area contributed by atoms with Crippen molar-refractivity contribution in [3.63, 3.8) is 0 Å². The number of aromatic amines is 1. The van der Waals surface area contributed by atoms with E-state index in [9.17, 15) is 14.4 Å². The minimum Gasteiger partial charge on any atom is -0.444 e. The summed E-state index contributed by atoms with van der Waals surface area (Å²) < 4.78 is 5.48. The van der Waals surface area contributed by atoms with E-state index in [0.717, 1.165) is 28.6 Å². The van der Waals surface area contributed by atoms with Crippen molar-refractivity contribution >= 4 is 28.9 Å². The number of imide groups is 1. The van der Waals surface area contributed by atoms with Crippen molar-refractivity contribution < 1.29 is 19.1 Å². The van der Waals surface area contributed by atoms with E-state index in [2.05, 4.69) is 27.6 Å². The Morgan fingerprint density at radius 2 is 2.07 bits per heavy atom. The summed E-state index contributed by atoms with van der Waals surface area (Å²) in [6, 6.07) is 5.75. The standard InChI is InChI=1S/C21H27N5O4/c1-21(2,3)30-20(29)26-8-6-14(11-26)13-4-5-15-16(10-13)23-24-17(15)12-25-9-7-18(27)22-19(25)28/h4-5,10,14H,6-9,11-12H2,1-3H3,(H,23,24)(H,22,27,28)/t14-/m1/s1. The third kappa shape index (κ3) is 4.24. The Morgan fingerprint density at radius 1 is 1.27 bits per heavy atom. The molecule has 3 heterocycles. The topological polar surface area (TPSA) is 108 Å². The number of carbonyl (C=O) groups is 3. The lowest BCUT2D eigenvalue weighted by molar-refractivity contribution is -0.121. The number of aromatic nitrogens is 2. The van der Waals surface area contributed by atoms with Crippen LogP contribution in [0.25, 0.3) is 10.9 Å². The number of ether oxygens (including phenoxy) is 1. The Bertz CT molecular complexity index is 993. The zero-order valence-electron chi connectivity index (χ0n) is 17.5. The molecule has 0 saturated carbocycles. The summed E-state index contributed by atoms with van der Waals surface area (Å²) in [5.41, 5.74) is 2.30. The zero-order valence-corrected chi connectivity index (χ0v) is 17.5. The first-order valence-electron chi connectivity index (χ1n) is 10.2. The van der Waals surface area contributed by atoms with Crippen molar-refractivity contribution in [2.45, 2.75) is 51.7 Å². The molecule has 2 saturated heterocycles. The first kappa shape index (κ1) is 20.2. The van der Waals surface area contributed by atoms with Crippen molar-refractivity contribution in [3.05, 3.63) is 29.5 Å². The van der Waals surface area contributed by atoms with E-state index in [1.165, 1.54) is 0 Å². The van der Waals surface area contributed by atoms with Crippen LogP contribution in [0.4, 0.5) is 9.59 Å². The van der Waals surface area contributed by atoms with E-state index in [4.69, 9.17) is 4.74 Å². The van der Waals surface area contributed by atoms with Gasteiger partial charge >= 0.3 is 12.1 Å². The largest absolute Gasteiger partial charge is 0.444 e. The van der Waals surface area contributed by atoms with Crippen molar-refractivity contribution in [3.8, 4) is 0 Å². The molecule has 2 N–H and O–H groups in total. The molecule has 1 aromatic heterocycles. The zero-order chi connectivity index (χ0) is 21.5. The van der Waals surface area contributed by atoms with Gasteiger partial charge in [-0.15, -0.1) is 0 Å². The summed E-state index contributed by atoms with van der Waals surface area (Å²) in [6.45, 7) is 7.64. The lowest BCUT2D eigenvalue weighted by Gasteiger charge is -2.25. The van der Waals surface area contributed by atoms with E-state index in [1.807, 2.05) is 26.8 Å². The predicted molar refractivity (Wildman–Crippen MR) is 110 cm³/mol. The van der Waals surface area contributed by atoms with Gasteiger partial charge in [-0.3, -0.25) is 15.2 Å². The van der Waals surface area contributed by atoms with Gasteiger partial charge in [0.15, 0.2) is 0 Å². The van der Waals surface area contributed by atoms with E-state index in [0.29, 0.717) is 32.6 Å². The highest BCUT2D eigenvalue weighted by Crippen LogP contribution is 2.31. The molecule has 2 fully saturated rings. The van der Waals surface area contributed by atoms with Gasteiger partial charge in [0, 0.05) is 37.4 Å².